The minimum Gasteiger partial charge on any atom is -0.492 e. The lowest BCUT2D eigenvalue weighted by Crippen LogP contribution is -2.48. The Morgan fingerprint density at radius 1 is 1.09 bits per heavy atom. The van der Waals surface area contributed by atoms with E-state index in [0.717, 1.165) is 30.2 Å². The molecular formula is C27H34ClN3O4. The van der Waals surface area contributed by atoms with Crippen LogP contribution >= 0.6 is 11.6 Å². The summed E-state index contributed by atoms with van der Waals surface area (Å²) < 4.78 is 19.6. The average molecular weight is 500 g/mol. The maximum atomic E-state index is 11.1. The van der Waals surface area contributed by atoms with Crippen molar-refractivity contribution in [2.24, 2.45) is 0 Å². The summed E-state index contributed by atoms with van der Waals surface area (Å²) in [4.78, 5) is 6.61. The van der Waals surface area contributed by atoms with Gasteiger partial charge in [-0.15, -0.1) is 0 Å². The minimum absolute atomic E-state index is 0.146. The first-order valence-electron chi connectivity index (χ1n) is 12.0. The van der Waals surface area contributed by atoms with Crippen molar-refractivity contribution in [3.63, 3.8) is 0 Å². The molecule has 0 bridgehead atoms. The Labute approximate surface area is 212 Å². The lowest BCUT2D eigenvalue weighted by Gasteiger charge is -2.30. The Hall–Kier alpha value is -2.58. The highest BCUT2D eigenvalue weighted by Crippen LogP contribution is 2.21. The van der Waals surface area contributed by atoms with E-state index in [2.05, 4.69) is 40.4 Å². The zero-order valence-corrected chi connectivity index (χ0v) is 21.2. The fourth-order valence-electron chi connectivity index (χ4n) is 4.19. The molecule has 2 aromatic carbocycles. The van der Waals surface area contributed by atoms with Crippen LogP contribution in [0.25, 0.3) is 0 Å². The van der Waals surface area contributed by atoms with Crippen LogP contribution < -0.4 is 9.47 Å². The van der Waals surface area contributed by atoms with E-state index in [0.29, 0.717) is 43.0 Å². The summed E-state index contributed by atoms with van der Waals surface area (Å²) in [7, 11) is 0. The summed E-state index contributed by atoms with van der Waals surface area (Å²) in [5, 5.41) is 11.8. The van der Waals surface area contributed by atoms with Crippen LogP contribution in [0.4, 0.5) is 0 Å². The van der Waals surface area contributed by atoms with Gasteiger partial charge in [0.15, 0.2) is 0 Å². The number of aromatic nitrogens is 2. The summed E-state index contributed by atoms with van der Waals surface area (Å²) in [6, 6.07) is 15.3. The number of halogens is 1. The average Bonchev–Trinajstić information content (AvgIpc) is 3.24. The number of imidazole rings is 1. The molecule has 0 amide bonds. The van der Waals surface area contributed by atoms with E-state index in [9.17, 15) is 5.11 Å². The number of hydrogen-bond donors (Lipinski definition) is 1. The Balaban J connectivity index is 1.27. The van der Waals surface area contributed by atoms with E-state index < -0.39 is 5.60 Å². The SMILES string of the molecule is CC(C)c1nccn1CCOc1ccc(CN2CCOC[C@@](O)(COc3ccc(Cl)cc3)C2)cc1. The molecule has 188 valence electrons. The first-order chi connectivity index (χ1) is 16.9. The molecule has 0 aliphatic carbocycles. The van der Waals surface area contributed by atoms with Crippen molar-refractivity contribution in [3.05, 3.63) is 77.3 Å². The van der Waals surface area contributed by atoms with E-state index in [4.69, 9.17) is 25.8 Å². The molecule has 35 heavy (non-hydrogen) atoms. The molecule has 7 nitrogen and oxygen atoms in total. The Kier molecular flexibility index (Phi) is 8.68. The molecule has 0 saturated carbocycles. The lowest BCUT2D eigenvalue weighted by atomic mass is 10.1. The maximum Gasteiger partial charge on any atom is 0.134 e. The smallest absolute Gasteiger partial charge is 0.134 e. The molecule has 0 spiro atoms. The zero-order valence-electron chi connectivity index (χ0n) is 20.4. The maximum absolute atomic E-state index is 11.1. The first-order valence-corrected chi connectivity index (χ1v) is 12.4. The molecule has 1 atom stereocenters. The van der Waals surface area contributed by atoms with Crippen molar-refractivity contribution in [3.8, 4) is 11.5 Å². The van der Waals surface area contributed by atoms with Gasteiger partial charge in [0.1, 0.15) is 36.1 Å². The molecular weight excluding hydrogens is 466 g/mol. The van der Waals surface area contributed by atoms with Crippen molar-refractivity contribution >= 4 is 11.6 Å². The number of benzene rings is 2. The largest absolute Gasteiger partial charge is 0.492 e. The lowest BCUT2D eigenvalue weighted by molar-refractivity contribution is -0.0646. The van der Waals surface area contributed by atoms with Gasteiger partial charge < -0.3 is 23.9 Å². The number of rotatable bonds is 10. The van der Waals surface area contributed by atoms with Gasteiger partial charge in [0.25, 0.3) is 0 Å². The van der Waals surface area contributed by atoms with Gasteiger partial charge in [0.05, 0.1) is 19.8 Å². The molecule has 2 heterocycles. The second-order valence-corrected chi connectivity index (χ2v) is 9.79. The van der Waals surface area contributed by atoms with Gasteiger partial charge >= 0.3 is 0 Å². The van der Waals surface area contributed by atoms with Crippen LogP contribution in [-0.2, 0) is 17.8 Å². The second-order valence-electron chi connectivity index (χ2n) is 9.36. The monoisotopic (exact) mass is 499 g/mol. The Morgan fingerprint density at radius 2 is 1.80 bits per heavy atom. The predicted molar refractivity (Wildman–Crippen MR) is 136 cm³/mol. The summed E-state index contributed by atoms with van der Waals surface area (Å²) in [5.41, 5.74) is 0.0540. The summed E-state index contributed by atoms with van der Waals surface area (Å²) in [5.74, 6) is 2.97. The third kappa shape index (κ3) is 7.45. The second kappa shape index (κ2) is 11.9. The Morgan fingerprint density at radius 3 is 2.54 bits per heavy atom. The molecule has 8 heteroatoms. The molecule has 1 fully saturated rings. The van der Waals surface area contributed by atoms with E-state index in [1.54, 1.807) is 24.3 Å². The highest BCUT2D eigenvalue weighted by Gasteiger charge is 2.33. The highest BCUT2D eigenvalue weighted by molar-refractivity contribution is 6.30. The molecule has 1 N–H and O–H groups in total. The van der Waals surface area contributed by atoms with Crippen molar-refractivity contribution in [2.75, 3.05) is 39.5 Å². The van der Waals surface area contributed by atoms with Crippen LogP contribution in [0.1, 0.15) is 31.2 Å². The normalized spacial score (nSPS) is 19.0. The van der Waals surface area contributed by atoms with E-state index in [1.807, 2.05) is 24.5 Å². The van der Waals surface area contributed by atoms with Gasteiger partial charge in [-0.05, 0) is 42.0 Å². The fraction of sp³-hybridized carbons (Fsp3) is 0.444. The van der Waals surface area contributed by atoms with Crippen molar-refractivity contribution in [2.45, 2.75) is 38.5 Å². The highest BCUT2D eigenvalue weighted by atomic mass is 35.5. The molecule has 0 unspecified atom stereocenters. The molecule has 1 aliphatic heterocycles. The van der Waals surface area contributed by atoms with Gasteiger partial charge in [0, 0.05) is 43.0 Å². The number of β-amino-alcohol motifs (C(OH)–C–C–N with tert-alkyl or cyclic N) is 1. The van der Waals surface area contributed by atoms with Crippen LogP contribution in [0.5, 0.6) is 11.5 Å². The number of ether oxygens (including phenoxy) is 3. The molecule has 4 rings (SSSR count). The molecule has 3 aromatic rings. The van der Waals surface area contributed by atoms with Gasteiger partial charge in [-0.1, -0.05) is 37.6 Å². The first kappa shape index (κ1) is 25.5. The predicted octanol–water partition coefficient (Wildman–Crippen LogP) is 4.38. The van der Waals surface area contributed by atoms with Gasteiger partial charge in [0.2, 0.25) is 0 Å². The molecule has 1 aromatic heterocycles. The van der Waals surface area contributed by atoms with E-state index >= 15 is 0 Å². The van der Waals surface area contributed by atoms with Gasteiger partial charge in [-0.2, -0.15) is 0 Å². The van der Waals surface area contributed by atoms with Crippen LogP contribution in [0.3, 0.4) is 0 Å². The number of hydrogen-bond acceptors (Lipinski definition) is 6. The van der Waals surface area contributed by atoms with Crippen molar-refractivity contribution < 1.29 is 19.3 Å². The summed E-state index contributed by atoms with van der Waals surface area (Å²) in [6.07, 6.45) is 3.83. The number of aliphatic hydroxyl groups is 1. The van der Waals surface area contributed by atoms with Crippen LogP contribution in [0.2, 0.25) is 5.02 Å². The van der Waals surface area contributed by atoms with E-state index in [1.165, 1.54) is 0 Å². The fourth-order valence-corrected chi connectivity index (χ4v) is 4.32. The minimum atomic E-state index is -1.10. The Bertz CT molecular complexity index is 1060. The van der Waals surface area contributed by atoms with Crippen molar-refractivity contribution in [1.29, 1.82) is 0 Å². The summed E-state index contributed by atoms with van der Waals surface area (Å²) in [6.45, 7) is 8.49. The molecule has 0 radical (unpaired) electrons. The van der Waals surface area contributed by atoms with Gasteiger partial charge in [-0.3, -0.25) is 4.90 Å². The molecule has 1 saturated heterocycles. The summed E-state index contributed by atoms with van der Waals surface area (Å²) >= 11 is 5.93. The zero-order chi connectivity index (χ0) is 24.7. The van der Waals surface area contributed by atoms with Crippen LogP contribution in [0.15, 0.2) is 60.9 Å². The molecule has 1 aliphatic rings. The third-order valence-electron chi connectivity index (χ3n) is 5.96. The van der Waals surface area contributed by atoms with Crippen LogP contribution in [0, 0.1) is 0 Å². The van der Waals surface area contributed by atoms with E-state index in [-0.39, 0.29) is 13.2 Å². The van der Waals surface area contributed by atoms with Crippen LogP contribution in [-0.4, -0.2) is 64.7 Å². The van der Waals surface area contributed by atoms with Gasteiger partial charge in [-0.25, -0.2) is 4.98 Å². The quantitative estimate of drug-likeness (QED) is 0.446. The number of nitrogens with zero attached hydrogens (tertiary/aromatic N) is 3. The topological polar surface area (TPSA) is 69.0 Å². The third-order valence-corrected chi connectivity index (χ3v) is 6.21. The standard InChI is InChI=1S/C27H34ClN3O4/c1-21(2)26-29-11-12-31(26)14-16-34-24-7-3-22(4-8-24)17-30-13-15-33-19-27(32,18-30)20-35-25-9-5-23(28)6-10-25/h3-12,21,32H,13-20H2,1-2H3/t27-/m1/s1. The van der Waals surface area contributed by atoms with Crippen molar-refractivity contribution in [1.82, 2.24) is 14.5 Å².